The Morgan fingerprint density at radius 2 is 2.00 bits per heavy atom. The number of esters is 1. The number of carbonyl (C=O) groups excluding carboxylic acids is 1. The van der Waals surface area contributed by atoms with E-state index in [1.54, 1.807) is 0 Å². The number of carbonyl (C=O) groups is 1. The molecule has 0 unspecified atom stereocenters. The lowest BCUT2D eigenvalue weighted by Gasteiger charge is -2.06. The largest absolute Gasteiger partial charge is 0.462 e. The Morgan fingerprint density at radius 3 is 2.63 bits per heavy atom. The van der Waals surface area contributed by atoms with Gasteiger partial charge >= 0.3 is 5.97 Å². The van der Waals surface area contributed by atoms with Crippen molar-refractivity contribution >= 4 is 5.97 Å². The van der Waals surface area contributed by atoms with Gasteiger partial charge in [-0.15, -0.1) is 0 Å². The standard InChI is InChI=1S/C15H20O4/c1-3-6-13-7-9-14(10-8-13)19-18-12-5-11-17-15(16)4-2/h4,7-10H,2-3,5-6,11-12H2,1H3. The topological polar surface area (TPSA) is 44.8 Å². The van der Waals surface area contributed by atoms with Gasteiger partial charge in [-0.05, 0) is 24.1 Å². The molecule has 1 aromatic rings. The first-order valence-electron chi connectivity index (χ1n) is 6.44. The molecule has 0 aliphatic heterocycles. The first kappa shape index (κ1) is 15.2. The second-order valence-electron chi connectivity index (χ2n) is 4.02. The van der Waals surface area contributed by atoms with Gasteiger partial charge in [-0.25, -0.2) is 4.79 Å². The average Bonchev–Trinajstić information content (AvgIpc) is 2.44. The number of hydrogen-bond donors (Lipinski definition) is 0. The van der Waals surface area contributed by atoms with Gasteiger partial charge in [0.2, 0.25) is 0 Å². The molecule has 104 valence electrons. The zero-order chi connectivity index (χ0) is 13.9. The van der Waals surface area contributed by atoms with E-state index < -0.39 is 5.97 Å². The van der Waals surface area contributed by atoms with Gasteiger partial charge in [0.05, 0.1) is 13.2 Å². The quantitative estimate of drug-likeness (QED) is 0.226. The normalized spacial score (nSPS) is 9.95. The Hall–Kier alpha value is -1.81. The molecular formula is C15H20O4. The smallest absolute Gasteiger partial charge is 0.330 e. The number of ether oxygens (including phenoxy) is 1. The van der Waals surface area contributed by atoms with E-state index in [1.165, 1.54) is 5.56 Å². The molecule has 0 N–H and O–H groups in total. The fourth-order valence-electron chi connectivity index (χ4n) is 1.46. The van der Waals surface area contributed by atoms with Crippen LogP contribution in [0.3, 0.4) is 0 Å². The second-order valence-corrected chi connectivity index (χ2v) is 4.02. The summed E-state index contributed by atoms with van der Waals surface area (Å²) in [5.41, 5.74) is 1.28. The lowest BCUT2D eigenvalue weighted by atomic mass is 10.1. The highest BCUT2D eigenvalue weighted by Gasteiger charge is 1.98. The van der Waals surface area contributed by atoms with Crippen molar-refractivity contribution in [3.05, 3.63) is 42.5 Å². The zero-order valence-electron chi connectivity index (χ0n) is 11.3. The van der Waals surface area contributed by atoms with E-state index in [-0.39, 0.29) is 0 Å². The maximum absolute atomic E-state index is 10.7. The van der Waals surface area contributed by atoms with E-state index in [1.807, 2.05) is 24.3 Å². The summed E-state index contributed by atoms with van der Waals surface area (Å²) in [7, 11) is 0. The number of aryl methyl sites for hydroxylation is 1. The van der Waals surface area contributed by atoms with Crippen molar-refractivity contribution in [3.8, 4) is 5.75 Å². The summed E-state index contributed by atoms with van der Waals surface area (Å²) >= 11 is 0. The van der Waals surface area contributed by atoms with Gasteiger partial charge in [0.15, 0.2) is 5.75 Å². The molecule has 0 aromatic heterocycles. The third-order valence-electron chi connectivity index (χ3n) is 2.40. The lowest BCUT2D eigenvalue weighted by Crippen LogP contribution is -2.06. The van der Waals surface area contributed by atoms with Crippen LogP contribution in [0.5, 0.6) is 5.75 Å². The molecule has 0 saturated carbocycles. The molecular weight excluding hydrogens is 244 g/mol. The molecule has 0 aliphatic carbocycles. The molecule has 0 fully saturated rings. The van der Waals surface area contributed by atoms with Gasteiger partial charge in [0.1, 0.15) is 0 Å². The Morgan fingerprint density at radius 1 is 1.26 bits per heavy atom. The summed E-state index contributed by atoms with van der Waals surface area (Å²) in [4.78, 5) is 20.9. The SMILES string of the molecule is C=CC(=O)OCCCOOc1ccc(CCC)cc1. The fraction of sp³-hybridized carbons (Fsp3) is 0.400. The zero-order valence-corrected chi connectivity index (χ0v) is 11.3. The maximum atomic E-state index is 10.7. The van der Waals surface area contributed by atoms with Crippen molar-refractivity contribution in [2.24, 2.45) is 0 Å². The van der Waals surface area contributed by atoms with Gasteiger partial charge in [-0.1, -0.05) is 32.1 Å². The number of hydrogen-bond acceptors (Lipinski definition) is 4. The van der Waals surface area contributed by atoms with Gasteiger partial charge in [0.25, 0.3) is 0 Å². The van der Waals surface area contributed by atoms with Crippen molar-refractivity contribution in [3.63, 3.8) is 0 Å². The molecule has 0 bridgehead atoms. The summed E-state index contributed by atoms with van der Waals surface area (Å²) < 4.78 is 4.79. The molecule has 0 heterocycles. The fourth-order valence-corrected chi connectivity index (χ4v) is 1.46. The molecule has 1 rings (SSSR count). The van der Waals surface area contributed by atoms with E-state index in [0.717, 1.165) is 18.9 Å². The van der Waals surface area contributed by atoms with Crippen LogP contribution in [0.15, 0.2) is 36.9 Å². The average molecular weight is 264 g/mol. The Bertz CT molecular complexity index is 384. The van der Waals surface area contributed by atoms with Gasteiger partial charge < -0.3 is 9.62 Å². The van der Waals surface area contributed by atoms with Crippen LogP contribution in [-0.4, -0.2) is 19.2 Å². The van der Waals surface area contributed by atoms with Crippen molar-refractivity contribution in [2.45, 2.75) is 26.2 Å². The highest BCUT2D eigenvalue weighted by Crippen LogP contribution is 2.13. The Kier molecular flexibility index (Phi) is 7.35. The summed E-state index contributed by atoms with van der Waals surface area (Å²) in [6, 6.07) is 7.80. The van der Waals surface area contributed by atoms with Crippen LogP contribution in [0.1, 0.15) is 25.3 Å². The summed E-state index contributed by atoms with van der Waals surface area (Å²) in [6.45, 7) is 6.11. The van der Waals surface area contributed by atoms with Crippen LogP contribution in [0.25, 0.3) is 0 Å². The van der Waals surface area contributed by atoms with E-state index in [0.29, 0.717) is 25.4 Å². The minimum absolute atomic E-state index is 0.295. The lowest BCUT2D eigenvalue weighted by molar-refractivity contribution is -0.208. The van der Waals surface area contributed by atoms with Crippen molar-refractivity contribution in [1.29, 1.82) is 0 Å². The van der Waals surface area contributed by atoms with Crippen molar-refractivity contribution < 1.29 is 19.3 Å². The van der Waals surface area contributed by atoms with Crippen LogP contribution in [0.2, 0.25) is 0 Å². The monoisotopic (exact) mass is 264 g/mol. The molecule has 1 aromatic carbocycles. The molecule has 19 heavy (non-hydrogen) atoms. The minimum Gasteiger partial charge on any atom is -0.462 e. The van der Waals surface area contributed by atoms with Gasteiger partial charge in [0, 0.05) is 12.5 Å². The summed E-state index contributed by atoms with van der Waals surface area (Å²) in [5, 5.41) is 0. The first-order chi connectivity index (χ1) is 9.26. The molecule has 0 aliphatic rings. The Balaban J connectivity index is 2.12. The number of benzene rings is 1. The van der Waals surface area contributed by atoms with E-state index in [9.17, 15) is 4.79 Å². The highest BCUT2D eigenvalue weighted by molar-refractivity contribution is 5.81. The van der Waals surface area contributed by atoms with Crippen LogP contribution in [0, 0.1) is 0 Å². The van der Waals surface area contributed by atoms with Crippen LogP contribution < -0.4 is 4.89 Å². The second kappa shape index (κ2) is 9.16. The van der Waals surface area contributed by atoms with Gasteiger partial charge in [-0.3, -0.25) is 0 Å². The van der Waals surface area contributed by atoms with E-state index >= 15 is 0 Å². The van der Waals surface area contributed by atoms with Crippen molar-refractivity contribution in [2.75, 3.05) is 13.2 Å². The predicted octanol–water partition coefficient (Wildman–Crippen LogP) is 3.07. The Labute approximate surface area is 113 Å². The molecule has 4 heteroatoms. The maximum Gasteiger partial charge on any atom is 0.330 e. The molecule has 0 spiro atoms. The molecule has 4 nitrogen and oxygen atoms in total. The minimum atomic E-state index is -0.424. The predicted molar refractivity (Wildman–Crippen MR) is 72.8 cm³/mol. The van der Waals surface area contributed by atoms with Crippen molar-refractivity contribution in [1.82, 2.24) is 0 Å². The van der Waals surface area contributed by atoms with Crippen LogP contribution in [0.4, 0.5) is 0 Å². The van der Waals surface area contributed by atoms with E-state index in [4.69, 9.17) is 14.5 Å². The van der Waals surface area contributed by atoms with Gasteiger partial charge in [-0.2, -0.15) is 4.89 Å². The molecule has 0 amide bonds. The molecule has 0 saturated heterocycles. The summed E-state index contributed by atoms with van der Waals surface area (Å²) in [5.74, 6) is 0.246. The highest BCUT2D eigenvalue weighted by atomic mass is 17.2. The van der Waals surface area contributed by atoms with Crippen LogP contribution >= 0.6 is 0 Å². The third-order valence-corrected chi connectivity index (χ3v) is 2.40. The third kappa shape index (κ3) is 6.62. The molecule has 0 radical (unpaired) electrons. The van der Waals surface area contributed by atoms with E-state index in [2.05, 4.69) is 13.5 Å². The number of rotatable bonds is 9. The first-order valence-corrected chi connectivity index (χ1v) is 6.44. The molecule has 0 atom stereocenters. The summed E-state index contributed by atoms with van der Waals surface area (Å²) in [6.07, 6.45) is 3.90. The van der Waals surface area contributed by atoms with Crippen LogP contribution in [-0.2, 0) is 20.8 Å².